The lowest BCUT2D eigenvalue weighted by atomic mass is 9.74. The van der Waals surface area contributed by atoms with Gasteiger partial charge in [-0.1, -0.05) is 24.6 Å². The molecule has 2 N–H and O–H groups in total. The van der Waals surface area contributed by atoms with Crippen LogP contribution >= 0.6 is 20.0 Å². The number of nitrogens with one attached hydrogen (secondary N) is 1. The number of pyridine rings is 1. The first-order chi connectivity index (χ1) is 15.1. The molecule has 1 aliphatic heterocycles. The quantitative estimate of drug-likeness (QED) is 0.239. The monoisotopic (exact) mass is 467 g/mol. The van der Waals surface area contributed by atoms with Crippen molar-refractivity contribution >= 4 is 20.0 Å². The van der Waals surface area contributed by atoms with Gasteiger partial charge in [0.25, 0.3) is 0 Å². The maximum atomic E-state index is 14.2. The Hall–Kier alpha value is -1.41. The minimum atomic E-state index is -2.51. The predicted octanol–water partition coefficient (Wildman–Crippen LogP) is 4.60. The minimum Gasteiger partial charge on any atom is -0.379 e. The predicted molar refractivity (Wildman–Crippen MR) is 120 cm³/mol. The van der Waals surface area contributed by atoms with Crippen LogP contribution in [0, 0.1) is 5.82 Å². The summed E-state index contributed by atoms with van der Waals surface area (Å²) in [5.41, 5.74) is 1.59. The van der Waals surface area contributed by atoms with Gasteiger partial charge in [-0.15, -0.1) is 21.2 Å². The number of halogens is 1. The molecule has 168 valence electrons. The van der Waals surface area contributed by atoms with Gasteiger partial charge < -0.3 is 10.1 Å². The molecule has 1 aromatic carbocycles. The summed E-state index contributed by atoms with van der Waals surface area (Å²) in [4.78, 5) is 14.2. The first-order valence-electron chi connectivity index (χ1n) is 10.5. The number of aromatic nitrogens is 1. The number of unbranched alkanes of at least 4 members (excludes halogenated alkanes) is 1. The minimum absolute atomic E-state index is 0.129. The van der Waals surface area contributed by atoms with Gasteiger partial charge in [0, 0.05) is 27.6 Å². The normalized spacial score (nSPS) is 15.5. The average Bonchev–Trinajstić information content (AvgIpc) is 2.73. The molecule has 1 unspecified atom stereocenters. The van der Waals surface area contributed by atoms with E-state index in [0.717, 1.165) is 41.2 Å². The number of thioether (sulfide) groups is 1. The SMILES string of the molecule is O=[P+](O)OCCCNCc1ccc(SCCCCC2(c3ccccc3F)COC2)cn1. The van der Waals surface area contributed by atoms with E-state index in [4.69, 9.17) is 9.63 Å². The number of ether oxygens (including phenoxy) is 1. The third kappa shape index (κ3) is 7.59. The molecule has 0 radical (unpaired) electrons. The summed E-state index contributed by atoms with van der Waals surface area (Å²) in [7, 11) is -2.51. The molecule has 2 aromatic rings. The highest BCUT2D eigenvalue weighted by Crippen LogP contribution is 2.38. The topological polar surface area (TPSA) is 80.7 Å². The van der Waals surface area contributed by atoms with Crippen molar-refractivity contribution in [1.82, 2.24) is 10.3 Å². The molecule has 0 saturated carbocycles. The van der Waals surface area contributed by atoms with Crippen LogP contribution < -0.4 is 5.32 Å². The second kappa shape index (κ2) is 12.6. The van der Waals surface area contributed by atoms with Crippen molar-refractivity contribution < 1.29 is 23.1 Å². The van der Waals surface area contributed by atoms with E-state index >= 15 is 0 Å². The average molecular weight is 468 g/mol. The van der Waals surface area contributed by atoms with E-state index in [-0.39, 0.29) is 17.8 Å². The van der Waals surface area contributed by atoms with Crippen LogP contribution in [0.4, 0.5) is 4.39 Å². The molecule has 1 fully saturated rings. The third-order valence-corrected chi connectivity index (χ3v) is 6.79. The Morgan fingerprint density at radius 1 is 1.23 bits per heavy atom. The number of rotatable bonds is 14. The summed E-state index contributed by atoms with van der Waals surface area (Å²) in [6.45, 7) is 2.82. The van der Waals surface area contributed by atoms with Gasteiger partial charge in [-0.05, 0) is 55.3 Å². The van der Waals surface area contributed by atoms with Crippen LogP contribution in [-0.2, 0) is 25.8 Å². The van der Waals surface area contributed by atoms with Gasteiger partial charge in [-0.3, -0.25) is 4.98 Å². The van der Waals surface area contributed by atoms with Gasteiger partial charge >= 0.3 is 8.25 Å². The second-order valence-electron chi connectivity index (χ2n) is 7.65. The van der Waals surface area contributed by atoms with Crippen molar-refractivity contribution in [3.05, 3.63) is 59.7 Å². The summed E-state index contributed by atoms with van der Waals surface area (Å²) in [6.07, 6.45) is 5.60. The fourth-order valence-electron chi connectivity index (χ4n) is 3.59. The van der Waals surface area contributed by atoms with Crippen LogP contribution in [0.2, 0.25) is 0 Å². The van der Waals surface area contributed by atoms with E-state index < -0.39 is 8.25 Å². The molecule has 1 aliphatic rings. The Kier molecular flexibility index (Phi) is 9.84. The maximum Gasteiger partial charge on any atom is 0.694 e. The van der Waals surface area contributed by atoms with Crippen LogP contribution in [0.25, 0.3) is 0 Å². The van der Waals surface area contributed by atoms with Crippen LogP contribution in [0.1, 0.15) is 36.9 Å². The molecule has 9 heteroatoms. The van der Waals surface area contributed by atoms with Gasteiger partial charge in [0.05, 0.1) is 18.9 Å². The Labute approximate surface area is 187 Å². The molecule has 0 spiro atoms. The molecule has 1 atom stereocenters. The molecular weight excluding hydrogens is 438 g/mol. The molecule has 2 heterocycles. The fraction of sp³-hybridized carbons (Fsp3) is 0.500. The van der Waals surface area contributed by atoms with Crippen molar-refractivity contribution in [2.24, 2.45) is 0 Å². The van der Waals surface area contributed by atoms with Gasteiger partial charge in [-0.25, -0.2) is 4.39 Å². The van der Waals surface area contributed by atoms with Crippen molar-refractivity contribution in [2.75, 3.05) is 32.1 Å². The summed E-state index contributed by atoms with van der Waals surface area (Å²) in [5.74, 6) is 0.872. The van der Waals surface area contributed by atoms with Crippen molar-refractivity contribution in [2.45, 2.75) is 42.5 Å². The van der Waals surface area contributed by atoms with Crippen LogP contribution in [0.5, 0.6) is 0 Å². The number of hydrogen-bond donors (Lipinski definition) is 2. The van der Waals surface area contributed by atoms with Crippen molar-refractivity contribution in [1.29, 1.82) is 0 Å². The van der Waals surface area contributed by atoms with E-state index in [0.29, 0.717) is 32.7 Å². The van der Waals surface area contributed by atoms with Gasteiger partial charge in [0.1, 0.15) is 12.4 Å². The number of hydrogen-bond acceptors (Lipinski definition) is 6. The zero-order valence-corrected chi connectivity index (χ0v) is 19.2. The zero-order valence-electron chi connectivity index (χ0n) is 17.5. The Bertz CT molecular complexity index is 837. The highest BCUT2D eigenvalue weighted by atomic mass is 32.2. The molecule has 1 aromatic heterocycles. The van der Waals surface area contributed by atoms with Crippen molar-refractivity contribution in [3.8, 4) is 0 Å². The maximum absolute atomic E-state index is 14.2. The second-order valence-corrected chi connectivity index (χ2v) is 9.55. The molecule has 0 aliphatic carbocycles. The first kappa shape index (κ1) is 24.2. The van der Waals surface area contributed by atoms with E-state index in [1.165, 1.54) is 6.07 Å². The van der Waals surface area contributed by atoms with Gasteiger partial charge in [-0.2, -0.15) is 0 Å². The van der Waals surface area contributed by atoms with E-state index in [2.05, 4.69) is 20.9 Å². The molecule has 0 bridgehead atoms. The smallest absolute Gasteiger partial charge is 0.379 e. The molecule has 3 rings (SSSR count). The standard InChI is InChI=1S/C22H28FN2O4PS/c23-21-7-2-1-6-20(21)22(16-28-17-22)10-3-4-13-31-19-9-8-18(25-15-19)14-24-11-5-12-29-30(26)27/h1-2,6-9,15,24H,3-5,10-14,16-17H2/p+1. The molecule has 31 heavy (non-hydrogen) atoms. The van der Waals surface area contributed by atoms with Crippen molar-refractivity contribution in [3.63, 3.8) is 0 Å². The molecule has 0 amide bonds. The first-order valence-corrected chi connectivity index (χ1v) is 12.6. The Balaban J connectivity index is 1.31. The fourth-order valence-corrected chi connectivity index (χ4v) is 4.75. The van der Waals surface area contributed by atoms with Crippen LogP contribution in [-0.4, -0.2) is 42.0 Å². The lowest BCUT2D eigenvalue weighted by Crippen LogP contribution is -2.47. The molecule has 1 saturated heterocycles. The Morgan fingerprint density at radius 2 is 2.06 bits per heavy atom. The zero-order chi connectivity index (χ0) is 21.9. The van der Waals surface area contributed by atoms with E-state index in [1.54, 1.807) is 17.8 Å². The van der Waals surface area contributed by atoms with Crippen LogP contribution in [0.15, 0.2) is 47.5 Å². The lowest BCUT2D eigenvalue weighted by molar-refractivity contribution is -0.0668. The summed E-state index contributed by atoms with van der Waals surface area (Å²) < 4.78 is 34.6. The molecular formula is C22H29FN2O4PS+. The summed E-state index contributed by atoms with van der Waals surface area (Å²) in [5, 5.41) is 3.23. The summed E-state index contributed by atoms with van der Waals surface area (Å²) in [6, 6.07) is 11.1. The van der Waals surface area contributed by atoms with E-state index in [9.17, 15) is 8.96 Å². The van der Waals surface area contributed by atoms with Gasteiger partial charge in [0.2, 0.25) is 0 Å². The highest BCUT2D eigenvalue weighted by molar-refractivity contribution is 7.99. The number of benzene rings is 1. The largest absolute Gasteiger partial charge is 0.694 e. The van der Waals surface area contributed by atoms with E-state index in [1.807, 2.05) is 24.4 Å². The summed E-state index contributed by atoms with van der Waals surface area (Å²) >= 11 is 1.79. The van der Waals surface area contributed by atoms with Gasteiger partial charge in [0.15, 0.2) is 0 Å². The third-order valence-electron chi connectivity index (χ3n) is 5.32. The molecule has 6 nitrogen and oxygen atoms in total. The Morgan fingerprint density at radius 3 is 2.74 bits per heavy atom. The lowest BCUT2D eigenvalue weighted by Gasteiger charge is -2.42. The number of nitrogens with zero attached hydrogens (tertiary/aromatic N) is 1. The highest BCUT2D eigenvalue weighted by Gasteiger charge is 2.41. The van der Waals surface area contributed by atoms with Crippen LogP contribution in [0.3, 0.4) is 0 Å².